The van der Waals surface area contributed by atoms with E-state index in [-0.39, 0.29) is 24.3 Å². The Labute approximate surface area is 116 Å². The third-order valence-corrected chi connectivity index (χ3v) is 2.79. The average molecular weight is 273 g/mol. The zero-order chi connectivity index (χ0) is 14.7. The van der Waals surface area contributed by atoms with Gasteiger partial charge in [0, 0.05) is 0 Å². The van der Waals surface area contributed by atoms with Crippen LogP contribution in [0.15, 0.2) is 18.2 Å². The number of aromatic nitrogens is 3. The molecule has 0 atom stereocenters. The summed E-state index contributed by atoms with van der Waals surface area (Å²) in [7, 11) is 0. The fourth-order valence-corrected chi connectivity index (χ4v) is 1.60. The fraction of sp³-hybridized carbons (Fsp3) is 0.231. The Morgan fingerprint density at radius 2 is 1.75 bits per heavy atom. The predicted molar refractivity (Wildman–Crippen MR) is 73.7 cm³/mol. The Morgan fingerprint density at radius 1 is 1.10 bits per heavy atom. The minimum atomic E-state index is -0.453. The SMILES string of the molecule is Cc1ccc(C(=O)OCc2nc(N)nc(N)n2)cc1C. The molecule has 0 fully saturated rings. The van der Waals surface area contributed by atoms with E-state index in [9.17, 15) is 4.79 Å². The van der Waals surface area contributed by atoms with Crippen molar-refractivity contribution in [1.82, 2.24) is 15.0 Å². The maximum absolute atomic E-state index is 11.9. The Kier molecular flexibility index (Phi) is 3.79. The summed E-state index contributed by atoms with van der Waals surface area (Å²) in [6.45, 7) is 3.79. The van der Waals surface area contributed by atoms with Crippen molar-refractivity contribution in [2.75, 3.05) is 11.5 Å². The summed E-state index contributed by atoms with van der Waals surface area (Å²) in [6, 6.07) is 5.35. The summed E-state index contributed by atoms with van der Waals surface area (Å²) in [4.78, 5) is 23.2. The molecule has 0 saturated heterocycles. The summed E-state index contributed by atoms with van der Waals surface area (Å²) >= 11 is 0. The molecule has 0 bridgehead atoms. The number of benzene rings is 1. The molecule has 7 nitrogen and oxygen atoms in total. The molecule has 1 aromatic heterocycles. The van der Waals surface area contributed by atoms with Gasteiger partial charge in [0.2, 0.25) is 11.9 Å². The number of esters is 1. The summed E-state index contributed by atoms with van der Waals surface area (Å²) in [6.07, 6.45) is 0. The van der Waals surface area contributed by atoms with Crippen LogP contribution in [0.5, 0.6) is 0 Å². The Bertz CT molecular complexity index is 637. The number of hydrogen-bond donors (Lipinski definition) is 2. The largest absolute Gasteiger partial charge is 0.454 e. The van der Waals surface area contributed by atoms with Gasteiger partial charge in [-0.1, -0.05) is 6.07 Å². The molecule has 0 amide bonds. The molecule has 1 aromatic carbocycles. The smallest absolute Gasteiger partial charge is 0.338 e. The number of carbonyl (C=O) groups is 1. The van der Waals surface area contributed by atoms with Crippen LogP contribution in [-0.4, -0.2) is 20.9 Å². The van der Waals surface area contributed by atoms with Gasteiger partial charge < -0.3 is 16.2 Å². The van der Waals surface area contributed by atoms with E-state index in [2.05, 4.69) is 15.0 Å². The van der Waals surface area contributed by atoms with Gasteiger partial charge in [0.25, 0.3) is 0 Å². The van der Waals surface area contributed by atoms with Gasteiger partial charge in [-0.25, -0.2) is 4.79 Å². The molecular weight excluding hydrogens is 258 g/mol. The monoisotopic (exact) mass is 273 g/mol. The minimum absolute atomic E-state index is 0.00488. The van der Waals surface area contributed by atoms with Gasteiger partial charge in [0.05, 0.1) is 5.56 Å². The van der Waals surface area contributed by atoms with E-state index in [1.165, 1.54) is 0 Å². The van der Waals surface area contributed by atoms with E-state index in [1.807, 2.05) is 19.9 Å². The second-order valence-electron chi connectivity index (χ2n) is 4.34. The predicted octanol–water partition coefficient (Wildman–Crippen LogP) is 1.01. The lowest BCUT2D eigenvalue weighted by atomic mass is 10.1. The number of aryl methyl sites for hydroxylation is 2. The number of hydrogen-bond acceptors (Lipinski definition) is 7. The van der Waals surface area contributed by atoms with Gasteiger partial charge in [-0.15, -0.1) is 0 Å². The molecule has 2 rings (SSSR count). The van der Waals surface area contributed by atoms with E-state index in [0.29, 0.717) is 5.56 Å². The van der Waals surface area contributed by atoms with Crippen molar-refractivity contribution >= 4 is 17.9 Å². The first-order valence-corrected chi connectivity index (χ1v) is 5.96. The first-order valence-electron chi connectivity index (χ1n) is 5.96. The number of ether oxygens (including phenoxy) is 1. The van der Waals surface area contributed by atoms with Gasteiger partial charge in [-0.3, -0.25) is 0 Å². The topological polar surface area (TPSA) is 117 Å². The molecule has 0 aliphatic heterocycles. The van der Waals surface area contributed by atoms with Gasteiger partial charge in [-0.2, -0.15) is 15.0 Å². The molecule has 0 spiro atoms. The van der Waals surface area contributed by atoms with Gasteiger partial charge in [0.1, 0.15) is 0 Å². The fourth-order valence-electron chi connectivity index (χ4n) is 1.60. The van der Waals surface area contributed by atoms with Crippen LogP contribution in [0.4, 0.5) is 11.9 Å². The Hall–Kier alpha value is -2.70. The molecule has 0 aliphatic rings. The molecule has 0 aliphatic carbocycles. The van der Waals surface area contributed by atoms with E-state index in [0.717, 1.165) is 11.1 Å². The third kappa shape index (κ3) is 3.19. The summed E-state index contributed by atoms with van der Waals surface area (Å²) in [5.74, 6) is -0.248. The van der Waals surface area contributed by atoms with Crippen LogP contribution < -0.4 is 11.5 Å². The van der Waals surface area contributed by atoms with Crippen LogP contribution in [0, 0.1) is 13.8 Å². The number of nitrogens with two attached hydrogens (primary N) is 2. The number of nitrogen functional groups attached to an aromatic ring is 2. The summed E-state index contributed by atoms with van der Waals surface area (Å²) in [5, 5.41) is 0. The van der Waals surface area contributed by atoms with Crippen molar-refractivity contribution in [3.05, 3.63) is 40.7 Å². The lowest BCUT2D eigenvalue weighted by molar-refractivity contribution is 0.0462. The van der Waals surface area contributed by atoms with E-state index in [4.69, 9.17) is 16.2 Å². The van der Waals surface area contributed by atoms with Gasteiger partial charge in [0.15, 0.2) is 12.4 Å². The number of nitrogens with zero attached hydrogens (tertiary/aromatic N) is 3. The maximum atomic E-state index is 11.9. The molecule has 1 heterocycles. The second kappa shape index (κ2) is 5.52. The lowest BCUT2D eigenvalue weighted by Crippen LogP contribution is -2.11. The number of rotatable bonds is 3. The zero-order valence-corrected chi connectivity index (χ0v) is 11.3. The molecule has 0 unspecified atom stereocenters. The van der Waals surface area contributed by atoms with Gasteiger partial charge in [-0.05, 0) is 37.1 Å². The minimum Gasteiger partial charge on any atom is -0.454 e. The molecule has 20 heavy (non-hydrogen) atoms. The van der Waals surface area contributed by atoms with Gasteiger partial charge >= 0.3 is 5.97 Å². The first kappa shape index (κ1) is 13.7. The molecule has 0 radical (unpaired) electrons. The van der Waals surface area contributed by atoms with E-state index >= 15 is 0 Å². The van der Waals surface area contributed by atoms with Crippen molar-refractivity contribution in [3.8, 4) is 0 Å². The quantitative estimate of drug-likeness (QED) is 0.801. The molecular formula is C13H15N5O2. The molecule has 2 aromatic rings. The van der Waals surface area contributed by atoms with Crippen LogP contribution in [0.25, 0.3) is 0 Å². The number of carbonyl (C=O) groups excluding carboxylic acids is 1. The van der Waals surface area contributed by atoms with Crippen LogP contribution in [0.1, 0.15) is 27.3 Å². The van der Waals surface area contributed by atoms with Crippen LogP contribution in [-0.2, 0) is 11.3 Å². The van der Waals surface area contributed by atoms with Crippen molar-refractivity contribution in [1.29, 1.82) is 0 Å². The van der Waals surface area contributed by atoms with Crippen LogP contribution >= 0.6 is 0 Å². The second-order valence-corrected chi connectivity index (χ2v) is 4.34. The third-order valence-electron chi connectivity index (χ3n) is 2.79. The van der Waals surface area contributed by atoms with Crippen molar-refractivity contribution in [3.63, 3.8) is 0 Å². The standard InChI is InChI=1S/C13H15N5O2/c1-7-3-4-9(5-8(7)2)11(19)20-6-10-16-12(14)18-13(15)17-10/h3-5H,6H2,1-2H3,(H4,14,15,16,17,18). The zero-order valence-electron chi connectivity index (χ0n) is 11.3. The highest BCUT2D eigenvalue weighted by molar-refractivity contribution is 5.89. The molecule has 7 heteroatoms. The highest BCUT2D eigenvalue weighted by Crippen LogP contribution is 2.11. The normalized spacial score (nSPS) is 10.3. The van der Waals surface area contributed by atoms with Crippen LogP contribution in [0.3, 0.4) is 0 Å². The van der Waals surface area contributed by atoms with Crippen LogP contribution in [0.2, 0.25) is 0 Å². The molecule has 104 valence electrons. The van der Waals surface area contributed by atoms with E-state index < -0.39 is 5.97 Å². The molecule has 4 N–H and O–H groups in total. The lowest BCUT2D eigenvalue weighted by Gasteiger charge is -2.06. The Morgan fingerprint density at radius 3 is 2.35 bits per heavy atom. The number of anilines is 2. The maximum Gasteiger partial charge on any atom is 0.338 e. The summed E-state index contributed by atoms with van der Waals surface area (Å²) < 4.78 is 5.12. The average Bonchev–Trinajstić information content (AvgIpc) is 2.38. The first-order chi connectivity index (χ1) is 9.45. The Balaban J connectivity index is 2.06. The van der Waals surface area contributed by atoms with Crippen molar-refractivity contribution in [2.45, 2.75) is 20.5 Å². The van der Waals surface area contributed by atoms with E-state index in [1.54, 1.807) is 12.1 Å². The van der Waals surface area contributed by atoms with Crippen molar-refractivity contribution in [2.24, 2.45) is 0 Å². The molecule has 0 saturated carbocycles. The highest BCUT2D eigenvalue weighted by Gasteiger charge is 2.10. The summed E-state index contributed by atoms with van der Waals surface area (Å²) in [5.41, 5.74) is 13.5. The van der Waals surface area contributed by atoms with Crippen molar-refractivity contribution < 1.29 is 9.53 Å². The highest BCUT2D eigenvalue weighted by atomic mass is 16.5.